The molecule has 5 unspecified atom stereocenters. The van der Waals surface area contributed by atoms with E-state index in [1.54, 1.807) is 0 Å². The fourth-order valence-corrected chi connectivity index (χ4v) is 3.01. The van der Waals surface area contributed by atoms with Gasteiger partial charge in [0.1, 0.15) is 31.0 Å². The highest BCUT2D eigenvalue weighted by molar-refractivity contribution is 5.77. The molecule has 36 heavy (non-hydrogen) atoms. The third kappa shape index (κ3) is 14.0. The smallest absolute Gasteiger partial charge is 0.305 e. The largest absolute Gasteiger partial charge is 0.481 e. The van der Waals surface area contributed by atoms with Crippen molar-refractivity contribution in [2.75, 3.05) is 72.6 Å². The average Bonchev–Trinajstić information content (AvgIpc) is 2.83. The lowest BCUT2D eigenvalue weighted by molar-refractivity contribution is -0.268. The first kappa shape index (κ1) is 32.1. The maximum Gasteiger partial charge on any atom is 0.305 e. The highest BCUT2D eigenvalue weighted by Gasteiger charge is 2.45. The zero-order chi connectivity index (χ0) is 26.8. The van der Waals surface area contributed by atoms with Crippen molar-refractivity contribution in [2.45, 2.75) is 44.0 Å². The summed E-state index contributed by atoms with van der Waals surface area (Å²) in [6.07, 6.45) is -5.33. The number of hydrogen-bond acceptors (Lipinski definition) is 12. The number of carbonyl (C=O) groups is 3. The number of carboxylic acid groups (broad SMARTS) is 1. The fraction of sp³-hybridized carbons (Fsp3) is 0.857. The fourth-order valence-electron chi connectivity index (χ4n) is 3.01. The van der Waals surface area contributed by atoms with E-state index in [0.29, 0.717) is 39.6 Å². The van der Waals surface area contributed by atoms with Crippen molar-refractivity contribution >= 4 is 17.8 Å². The normalized spacial score (nSPS) is 23.8. The summed E-state index contributed by atoms with van der Waals surface area (Å²) in [5.41, 5.74) is 0. The van der Waals surface area contributed by atoms with Crippen LogP contribution in [0.15, 0.2) is 0 Å². The molecule has 0 aromatic rings. The SMILES string of the molecule is CC(=O)NC1C(OCC(=O)NCCOCCOCCOCCOCCC(=O)O)OC(CO)C(O)C1O. The third-order valence-corrected chi connectivity index (χ3v) is 4.77. The van der Waals surface area contributed by atoms with Gasteiger partial charge >= 0.3 is 5.97 Å². The van der Waals surface area contributed by atoms with Crippen LogP contribution in [0.5, 0.6) is 0 Å². The molecule has 0 saturated carbocycles. The summed E-state index contributed by atoms with van der Waals surface area (Å²) in [6.45, 7) is 2.77. The van der Waals surface area contributed by atoms with Crippen molar-refractivity contribution in [1.82, 2.24) is 10.6 Å². The highest BCUT2D eigenvalue weighted by Crippen LogP contribution is 2.22. The number of carboxylic acids is 1. The lowest BCUT2D eigenvalue weighted by Crippen LogP contribution is -2.64. The maximum atomic E-state index is 12.0. The maximum absolute atomic E-state index is 12.0. The standard InChI is InChI=1S/C21H38N2O13/c1-14(25)23-18-20(30)19(29)15(12-24)36-21(18)35-13-16(26)22-3-5-32-7-9-34-11-10-33-8-6-31-4-2-17(27)28/h15,18-21,24,29-30H,2-13H2,1H3,(H,22,26)(H,23,25)(H,27,28). The summed E-state index contributed by atoms with van der Waals surface area (Å²) in [4.78, 5) is 33.7. The van der Waals surface area contributed by atoms with Gasteiger partial charge in [-0.3, -0.25) is 14.4 Å². The van der Waals surface area contributed by atoms with Gasteiger partial charge < -0.3 is 59.5 Å². The molecule has 0 aromatic carbocycles. The Kier molecular flexibility index (Phi) is 17.1. The Labute approximate surface area is 208 Å². The van der Waals surface area contributed by atoms with E-state index in [0.717, 1.165) is 0 Å². The van der Waals surface area contributed by atoms with E-state index in [1.807, 2.05) is 0 Å². The third-order valence-electron chi connectivity index (χ3n) is 4.77. The Morgan fingerprint density at radius 1 is 0.861 bits per heavy atom. The molecule has 2 amide bonds. The minimum absolute atomic E-state index is 0.0427. The minimum Gasteiger partial charge on any atom is -0.481 e. The summed E-state index contributed by atoms with van der Waals surface area (Å²) >= 11 is 0. The van der Waals surface area contributed by atoms with Crippen LogP contribution in [0.4, 0.5) is 0 Å². The van der Waals surface area contributed by atoms with Crippen molar-refractivity contribution in [1.29, 1.82) is 0 Å². The predicted molar refractivity (Wildman–Crippen MR) is 120 cm³/mol. The van der Waals surface area contributed by atoms with E-state index >= 15 is 0 Å². The van der Waals surface area contributed by atoms with Crippen LogP contribution in [0.3, 0.4) is 0 Å². The quantitative estimate of drug-likeness (QED) is 0.0855. The van der Waals surface area contributed by atoms with Crippen LogP contribution in [0.1, 0.15) is 13.3 Å². The summed E-state index contributed by atoms with van der Waals surface area (Å²) in [6, 6.07) is -1.13. The first-order valence-electron chi connectivity index (χ1n) is 11.6. The van der Waals surface area contributed by atoms with E-state index < -0.39 is 61.6 Å². The van der Waals surface area contributed by atoms with Crippen LogP contribution in [0.2, 0.25) is 0 Å². The van der Waals surface area contributed by atoms with E-state index in [-0.39, 0.29) is 26.2 Å². The van der Waals surface area contributed by atoms with Crippen LogP contribution in [0, 0.1) is 0 Å². The molecular formula is C21H38N2O13. The molecule has 15 heteroatoms. The van der Waals surface area contributed by atoms with Crippen LogP contribution < -0.4 is 10.6 Å². The molecule has 15 nitrogen and oxygen atoms in total. The van der Waals surface area contributed by atoms with Gasteiger partial charge in [-0.1, -0.05) is 0 Å². The average molecular weight is 527 g/mol. The number of ether oxygens (including phenoxy) is 6. The Morgan fingerprint density at radius 2 is 1.42 bits per heavy atom. The van der Waals surface area contributed by atoms with E-state index in [2.05, 4.69) is 10.6 Å². The van der Waals surface area contributed by atoms with E-state index in [1.165, 1.54) is 6.92 Å². The summed E-state index contributed by atoms with van der Waals surface area (Å²) in [5.74, 6) is -1.90. The van der Waals surface area contributed by atoms with Crippen LogP contribution >= 0.6 is 0 Å². The van der Waals surface area contributed by atoms with Gasteiger partial charge in [0.15, 0.2) is 6.29 Å². The number of nitrogens with one attached hydrogen (secondary N) is 2. The molecule has 1 fully saturated rings. The number of amides is 2. The van der Waals surface area contributed by atoms with Gasteiger partial charge in [-0.05, 0) is 0 Å². The molecule has 0 aromatic heterocycles. The highest BCUT2D eigenvalue weighted by atomic mass is 16.7. The van der Waals surface area contributed by atoms with Crippen molar-refractivity contribution in [3.8, 4) is 0 Å². The Morgan fingerprint density at radius 3 is 1.94 bits per heavy atom. The first-order valence-corrected chi connectivity index (χ1v) is 11.6. The number of hydrogen-bond donors (Lipinski definition) is 6. The Bertz CT molecular complexity index is 639. The van der Waals surface area contributed by atoms with Gasteiger partial charge in [0.25, 0.3) is 0 Å². The molecule has 1 aliphatic rings. The lowest BCUT2D eigenvalue weighted by atomic mass is 9.97. The second-order valence-electron chi connectivity index (χ2n) is 7.69. The van der Waals surface area contributed by atoms with Crippen molar-refractivity contribution in [3.05, 3.63) is 0 Å². The predicted octanol–water partition coefficient (Wildman–Crippen LogP) is -3.40. The molecule has 5 atom stereocenters. The van der Waals surface area contributed by atoms with Crippen molar-refractivity contribution in [2.24, 2.45) is 0 Å². The number of aliphatic hydroxyl groups excluding tert-OH is 3. The van der Waals surface area contributed by atoms with Crippen molar-refractivity contribution < 1.29 is 63.2 Å². The van der Waals surface area contributed by atoms with Gasteiger partial charge in [-0.25, -0.2) is 0 Å². The zero-order valence-electron chi connectivity index (χ0n) is 20.3. The monoisotopic (exact) mass is 526 g/mol. The number of aliphatic hydroxyl groups is 3. The molecule has 1 rings (SSSR count). The molecular weight excluding hydrogens is 488 g/mol. The molecule has 210 valence electrons. The molecule has 1 heterocycles. The second-order valence-corrected chi connectivity index (χ2v) is 7.69. The molecule has 0 radical (unpaired) electrons. The van der Waals surface area contributed by atoms with Crippen LogP contribution in [0.25, 0.3) is 0 Å². The Hall–Kier alpha value is -1.95. The van der Waals surface area contributed by atoms with E-state index in [9.17, 15) is 29.7 Å². The van der Waals surface area contributed by atoms with Gasteiger partial charge in [-0.15, -0.1) is 0 Å². The van der Waals surface area contributed by atoms with Gasteiger partial charge in [-0.2, -0.15) is 0 Å². The summed E-state index contributed by atoms with van der Waals surface area (Å²) < 4.78 is 31.7. The summed E-state index contributed by atoms with van der Waals surface area (Å²) in [5, 5.41) is 42.9. The molecule has 0 spiro atoms. The second kappa shape index (κ2) is 19.2. The molecule has 0 aliphatic carbocycles. The molecule has 1 aliphatic heterocycles. The minimum atomic E-state index is -1.46. The van der Waals surface area contributed by atoms with E-state index in [4.69, 9.17) is 33.5 Å². The van der Waals surface area contributed by atoms with Crippen LogP contribution in [-0.2, 0) is 42.8 Å². The molecule has 6 N–H and O–H groups in total. The van der Waals surface area contributed by atoms with Gasteiger partial charge in [0.2, 0.25) is 11.8 Å². The number of aliphatic carboxylic acids is 1. The first-order chi connectivity index (χ1) is 17.3. The van der Waals surface area contributed by atoms with Gasteiger partial charge in [0, 0.05) is 13.5 Å². The van der Waals surface area contributed by atoms with Crippen LogP contribution in [-0.4, -0.2) is 141 Å². The van der Waals surface area contributed by atoms with Gasteiger partial charge in [0.05, 0.1) is 65.9 Å². The molecule has 0 bridgehead atoms. The topological polar surface area (TPSA) is 212 Å². The molecule has 1 saturated heterocycles. The zero-order valence-corrected chi connectivity index (χ0v) is 20.3. The summed E-state index contributed by atoms with van der Waals surface area (Å²) in [7, 11) is 0. The lowest BCUT2D eigenvalue weighted by Gasteiger charge is -2.42. The number of rotatable bonds is 20. The number of carbonyl (C=O) groups excluding carboxylic acids is 2. The Balaban J connectivity index is 2.06. The van der Waals surface area contributed by atoms with Crippen molar-refractivity contribution in [3.63, 3.8) is 0 Å².